The van der Waals surface area contributed by atoms with E-state index in [4.69, 9.17) is 13.7 Å². The highest BCUT2D eigenvalue weighted by atomic mass is 28.3. The second-order valence-electron chi connectivity index (χ2n) is 15.1. The van der Waals surface area contributed by atoms with Gasteiger partial charge in [0, 0.05) is 30.4 Å². The van der Waals surface area contributed by atoms with Gasteiger partial charge in [0.1, 0.15) is 5.75 Å². The van der Waals surface area contributed by atoms with Crippen LogP contribution in [-0.2, 0) is 17.4 Å². The highest BCUT2D eigenvalue weighted by molar-refractivity contribution is 6.80. The summed E-state index contributed by atoms with van der Waals surface area (Å²) >= 11 is 0. The summed E-state index contributed by atoms with van der Waals surface area (Å²) in [4.78, 5) is 15.0. The van der Waals surface area contributed by atoms with E-state index >= 15 is 0 Å². The second kappa shape index (κ2) is 14.4. The molecule has 255 valence electrons. The molecule has 2 aliphatic rings. The molecule has 6 rings (SSSR count). The van der Waals surface area contributed by atoms with Crippen LogP contribution in [0.3, 0.4) is 0 Å². The number of hydrogen-bond acceptors (Lipinski definition) is 6. The molecule has 3 aromatic carbocycles. The van der Waals surface area contributed by atoms with E-state index in [-0.39, 0.29) is 16.9 Å². The van der Waals surface area contributed by atoms with Crippen LogP contribution < -0.4 is 15.1 Å². The number of carboxylic acid groups (broad SMARTS) is 1. The van der Waals surface area contributed by atoms with E-state index in [1.165, 1.54) is 15.3 Å². The second-order valence-corrected chi connectivity index (χ2v) is 17.2. The summed E-state index contributed by atoms with van der Waals surface area (Å²) in [6.07, 6.45) is 4.91. The Labute approximate surface area is 286 Å². The Morgan fingerprint density at radius 1 is 1.02 bits per heavy atom. The first kappa shape index (κ1) is 34.2. The zero-order valence-electron chi connectivity index (χ0n) is 29.1. The number of amides is 1. The Morgan fingerprint density at radius 3 is 2.19 bits per heavy atom. The maximum Gasteiger partial charge on any atom is 0.407 e. The number of nitrogens with zero attached hydrogens (tertiary/aromatic N) is 3. The average molecular weight is 669 g/mol. The Bertz CT molecular complexity index is 1620. The van der Waals surface area contributed by atoms with Crippen molar-refractivity contribution >= 4 is 36.5 Å². The third-order valence-electron chi connectivity index (χ3n) is 9.98. The Kier molecular flexibility index (Phi) is 10.3. The van der Waals surface area contributed by atoms with Crippen LogP contribution in [0.15, 0.2) is 77.3 Å². The summed E-state index contributed by atoms with van der Waals surface area (Å²) in [5.74, 6) is 1.34. The molecule has 4 aromatic rings. The fourth-order valence-electron chi connectivity index (χ4n) is 7.31. The van der Waals surface area contributed by atoms with Gasteiger partial charge in [0.15, 0.2) is 5.58 Å². The molecule has 8 nitrogen and oxygen atoms in total. The van der Waals surface area contributed by atoms with Crippen LogP contribution in [0.5, 0.6) is 5.75 Å². The molecule has 2 fully saturated rings. The Balaban J connectivity index is 1.21. The van der Waals surface area contributed by atoms with E-state index in [1.54, 1.807) is 0 Å². The summed E-state index contributed by atoms with van der Waals surface area (Å²) in [7, 11) is 2.63. The van der Waals surface area contributed by atoms with Gasteiger partial charge in [0.05, 0.1) is 24.0 Å². The van der Waals surface area contributed by atoms with Gasteiger partial charge in [0.2, 0.25) is 0 Å². The van der Waals surface area contributed by atoms with Gasteiger partial charge in [-0.1, -0.05) is 86.6 Å². The molecule has 1 aliphatic carbocycles. The lowest BCUT2D eigenvalue weighted by Crippen LogP contribution is -2.53. The van der Waals surface area contributed by atoms with Crippen LogP contribution in [0, 0.1) is 16.7 Å². The van der Waals surface area contributed by atoms with Gasteiger partial charge in [-0.05, 0) is 86.5 Å². The number of piperidine rings is 1. The first-order valence-electron chi connectivity index (χ1n) is 17.3. The lowest BCUT2D eigenvalue weighted by Gasteiger charge is -2.40. The van der Waals surface area contributed by atoms with Crippen LogP contribution in [0.1, 0.15) is 64.1 Å². The zero-order valence-corrected chi connectivity index (χ0v) is 30.1. The standard InChI is InChI=1S/C39H50N3O5Si/c1-38(2,3)36(47-48(29-12-8-6-9-13-29)30-14-10-7-11-15-30)39(22-23-39)27-45-34-19-17-31-33(40-46-35(31)32(34)26-41(4)5)18-16-28-20-24-42(25-21-28)37(43)44/h6-15,17,19,28,36H,16,18,20-27H2,1-5H3,(H,43,44). The average Bonchev–Trinajstić information content (AvgIpc) is 3.73. The van der Waals surface area contributed by atoms with E-state index in [2.05, 4.69) is 118 Å². The summed E-state index contributed by atoms with van der Waals surface area (Å²) in [5, 5.41) is 17.4. The molecule has 1 aliphatic heterocycles. The molecule has 1 saturated carbocycles. The van der Waals surface area contributed by atoms with Gasteiger partial charge in [-0.15, -0.1) is 0 Å². The first-order chi connectivity index (χ1) is 23.0. The fourth-order valence-corrected chi connectivity index (χ4v) is 9.75. The number of hydrogen-bond donors (Lipinski definition) is 1. The number of ether oxygens (including phenoxy) is 1. The number of aryl methyl sites for hydroxylation is 1. The van der Waals surface area contributed by atoms with Crippen LogP contribution in [0.2, 0.25) is 0 Å². The summed E-state index contributed by atoms with van der Waals surface area (Å²) in [5.41, 5.74) is 2.62. The van der Waals surface area contributed by atoms with Crippen LogP contribution in [0.25, 0.3) is 11.0 Å². The van der Waals surface area contributed by atoms with Crippen LogP contribution >= 0.6 is 0 Å². The maximum absolute atomic E-state index is 11.3. The van der Waals surface area contributed by atoms with E-state index in [0.29, 0.717) is 32.2 Å². The van der Waals surface area contributed by atoms with Crippen molar-refractivity contribution in [1.82, 2.24) is 15.0 Å². The number of benzene rings is 3. The highest BCUT2D eigenvalue weighted by Gasteiger charge is 2.56. The summed E-state index contributed by atoms with van der Waals surface area (Å²) < 4.78 is 20.2. The van der Waals surface area contributed by atoms with E-state index < -0.39 is 15.1 Å². The molecule has 1 unspecified atom stereocenters. The van der Waals surface area contributed by atoms with E-state index in [9.17, 15) is 9.90 Å². The van der Waals surface area contributed by atoms with Gasteiger partial charge in [-0.25, -0.2) is 4.79 Å². The number of rotatable bonds is 13. The van der Waals surface area contributed by atoms with E-state index in [0.717, 1.165) is 66.5 Å². The van der Waals surface area contributed by atoms with Crippen LogP contribution in [-0.4, -0.2) is 75.1 Å². The van der Waals surface area contributed by atoms with Crippen molar-refractivity contribution in [3.63, 3.8) is 0 Å². The van der Waals surface area contributed by atoms with Crippen molar-refractivity contribution in [2.45, 2.75) is 71.9 Å². The predicted octanol–water partition coefficient (Wildman–Crippen LogP) is 6.61. The smallest absolute Gasteiger partial charge is 0.407 e. The molecule has 48 heavy (non-hydrogen) atoms. The molecule has 1 atom stereocenters. The molecular weight excluding hydrogens is 619 g/mol. The molecule has 9 heteroatoms. The molecule has 1 amide bonds. The van der Waals surface area contributed by atoms with Crippen molar-refractivity contribution in [3.05, 3.63) is 84.1 Å². The number of carbonyl (C=O) groups is 1. The number of fused-ring (bicyclic) bond motifs is 1. The molecule has 1 N–H and O–H groups in total. The molecule has 1 radical (unpaired) electrons. The molecule has 1 saturated heterocycles. The first-order valence-corrected chi connectivity index (χ1v) is 18.7. The SMILES string of the molecule is CN(C)Cc1c(OCC2(C(O[Si](c3ccccc3)c3ccccc3)C(C)(C)C)CC2)ccc2c(CCC3CCN(C(=O)O)CC3)noc12. The quantitative estimate of drug-likeness (QED) is 0.161. The van der Waals surface area contributed by atoms with Gasteiger partial charge < -0.3 is 28.6 Å². The highest BCUT2D eigenvalue weighted by Crippen LogP contribution is 2.55. The summed E-state index contributed by atoms with van der Waals surface area (Å²) in [6, 6.07) is 25.6. The molecule has 1 aromatic heterocycles. The Morgan fingerprint density at radius 2 is 1.65 bits per heavy atom. The van der Waals surface area contributed by atoms with Gasteiger partial charge in [-0.3, -0.25) is 0 Å². The largest absolute Gasteiger partial charge is 0.492 e. The topological polar surface area (TPSA) is 88.3 Å². The lowest BCUT2D eigenvalue weighted by atomic mass is 9.79. The third kappa shape index (κ3) is 7.79. The van der Waals surface area contributed by atoms with Gasteiger partial charge in [-0.2, -0.15) is 0 Å². The molecule has 0 spiro atoms. The molecular formula is C39H50N3O5Si. The molecule has 2 heterocycles. The number of likely N-dealkylation sites (tertiary alicyclic amines) is 1. The minimum atomic E-state index is -1.49. The lowest BCUT2D eigenvalue weighted by molar-refractivity contribution is 0.000853. The fraction of sp³-hybridized carbons (Fsp3) is 0.487. The van der Waals surface area contributed by atoms with Crippen molar-refractivity contribution in [1.29, 1.82) is 0 Å². The summed E-state index contributed by atoms with van der Waals surface area (Å²) in [6.45, 7) is 9.35. The predicted molar refractivity (Wildman–Crippen MR) is 191 cm³/mol. The minimum Gasteiger partial charge on any atom is -0.492 e. The zero-order chi connectivity index (χ0) is 33.9. The maximum atomic E-state index is 11.3. The van der Waals surface area contributed by atoms with Gasteiger partial charge in [0.25, 0.3) is 9.04 Å². The van der Waals surface area contributed by atoms with Crippen molar-refractivity contribution in [3.8, 4) is 5.75 Å². The monoisotopic (exact) mass is 668 g/mol. The van der Waals surface area contributed by atoms with Crippen LogP contribution in [0.4, 0.5) is 4.79 Å². The van der Waals surface area contributed by atoms with Crippen molar-refractivity contribution in [2.24, 2.45) is 16.7 Å². The van der Waals surface area contributed by atoms with Crippen molar-refractivity contribution in [2.75, 3.05) is 33.8 Å². The third-order valence-corrected chi connectivity index (χ3v) is 12.2. The van der Waals surface area contributed by atoms with E-state index in [1.807, 2.05) is 0 Å². The van der Waals surface area contributed by atoms with Crippen molar-refractivity contribution < 1.29 is 23.6 Å². The normalized spacial score (nSPS) is 17.3. The minimum absolute atomic E-state index is 0.0135. The Hall–Kier alpha value is -3.66. The molecule has 0 bridgehead atoms. The van der Waals surface area contributed by atoms with Gasteiger partial charge >= 0.3 is 6.09 Å². The number of aromatic nitrogens is 1.